The van der Waals surface area contributed by atoms with Crippen molar-refractivity contribution in [1.29, 1.82) is 0 Å². The third-order valence-electron chi connectivity index (χ3n) is 4.21. The second kappa shape index (κ2) is 7.27. The maximum Gasteiger partial charge on any atom is 0.356 e. The molecule has 0 aromatic heterocycles. The van der Waals surface area contributed by atoms with Crippen LogP contribution in [0.1, 0.15) is 5.56 Å². The van der Waals surface area contributed by atoms with Crippen molar-refractivity contribution < 1.29 is 29.2 Å². The average Bonchev–Trinajstić information content (AvgIpc) is 2.65. The number of aliphatic carboxylic acids is 1. The first kappa shape index (κ1) is 18.7. The molecule has 27 heavy (non-hydrogen) atoms. The third kappa shape index (κ3) is 3.45. The van der Waals surface area contributed by atoms with Gasteiger partial charge in [0.05, 0.1) is 24.2 Å². The number of fused-ring (bicyclic) bond motifs is 1. The highest BCUT2D eigenvalue weighted by Crippen LogP contribution is 2.40. The van der Waals surface area contributed by atoms with Gasteiger partial charge < -0.3 is 15.2 Å². The summed E-state index contributed by atoms with van der Waals surface area (Å²) in [6, 6.07) is 4.71. The Morgan fingerprint density at radius 1 is 1.41 bits per heavy atom. The largest absolute Gasteiger partial charge is 0.498 e. The van der Waals surface area contributed by atoms with Crippen LogP contribution in [0.5, 0.6) is 0 Å². The number of non-ortho nitro benzene ring substituents is 1. The molecular weight excluding hydrogens is 378 g/mol. The first-order valence-corrected chi connectivity index (χ1v) is 8.86. The molecule has 1 saturated heterocycles. The normalized spacial score (nSPS) is 21.2. The summed E-state index contributed by atoms with van der Waals surface area (Å²) in [6.07, 6.45) is -0.0515. The molecule has 1 fully saturated rings. The fourth-order valence-corrected chi connectivity index (χ4v) is 4.20. The Kier molecular flexibility index (Phi) is 5.04. The molecule has 1 aromatic rings. The lowest BCUT2D eigenvalue weighted by molar-refractivity contribution is -0.384. The van der Waals surface area contributed by atoms with Gasteiger partial charge in [0.15, 0.2) is 5.70 Å². The lowest BCUT2D eigenvalue weighted by Crippen LogP contribution is -2.70. The number of nitrogens with zero attached hydrogens (tertiary/aromatic N) is 2. The number of nitrogens with one attached hydrogen (secondary N) is 1. The van der Waals surface area contributed by atoms with Crippen LogP contribution in [0, 0.1) is 10.1 Å². The van der Waals surface area contributed by atoms with E-state index in [-0.39, 0.29) is 29.3 Å². The van der Waals surface area contributed by atoms with Gasteiger partial charge in [0.1, 0.15) is 17.2 Å². The van der Waals surface area contributed by atoms with Crippen molar-refractivity contribution in [3.8, 4) is 0 Å². The highest BCUT2D eigenvalue weighted by molar-refractivity contribution is 8.00. The predicted octanol–water partition coefficient (Wildman–Crippen LogP) is 0.480. The Hall–Kier alpha value is -3.08. The summed E-state index contributed by atoms with van der Waals surface area (Å²) in [6.45, 7) is 0. The molecule has 0 radical (unpaired) electrons. The summed E-state index contributed by atoms with van der Waals surface area (Å²) in [5, 5.41) is 22.1. The summed E-state index contributed by atoms with van der Waals surface area (Å²) in [7, 11) is 1.34. The molecular formula is C16H15N3O7S. The van der Waals surface area contributed by atoms with Crippen LogP contribution < -0.4 is 5.32 Å². The Bertz CT molecular complexity index is 852. The molecule has 10 nitrogen and oxygen atoms in total. The van der Waals surface area contributed by atoms with Gasteiger partial charge in [-0.3, -0.25) is 24.6 Å². The van der Waals surface area contributed by atoms with Gasteiger partial charge in [-0.1, -0.05) is 12.1 Å². The number of thioether (sulfide) groups is 1. The number of methoxy groups -OCH3 is 1. The van der Waals surface area contributed by atoms with Crippen molar-refractivity contribution in [1.82, 2.24) is 10.2 Å². The lowest BCUT2D eigenvalue weighted by Gasteiger charge is -2.48. The van der Waals surface area contributed by atoms with Crippen LogP contribution in [-0.2, 0) is 25.5 Å². The minimum atomic E-state index is -1.26. The number of β-lactam (4-membered cyclic amide) rings is 1. The van der Waals surface area contributed by atoms with E-state index in [0.29, 0.717) is 5.56 Å². The molecule has 2 heterocycles. The summed E-state index contributed by atoms with van der Waals surface area (Å²) in [5.41, 5.74) is 0.280. The zero-order valence-corrected chi connectivity index (χ0v) is 14.9. The standard InChI is InChI=1S/C16H15N3O7S/c1-26-10-7-27-15-12(14(21)18(15)13(10)16(22)23)17-11(20)6-8-2-4-9(5-3-8)19(24)25/h2-5,12,15H,6-7H2,1H3,(H,17,20)(H,22,23)/t12?,15-/m1/s1. The minimum Gasteiger partial charge on any atom is -0.498 e. The molecule has 1 aromatic carbocycles. The SMILES string of the molecule is COC1=C(C(=O)O)N2C(=O)C(NC(=O)Cc3ccc([N+](=O)[O-])cc3)[C@H]2SC1. The third-order valence-corrected chi connectivity index (χ3v) is 5.46. The van der Waals surface area contributed by atoms with Crippen LogP contribution in [0.15, 0.2) is 35.7 Å². The summed E-state index contributed by atoms with van der Waals surface area (Å²) in [5.74, 6) is -1.73. The number of amides is 2. The summed E-state index contributed by atoms with van der Waals surface area (Å²) >= 11 is 1.30. The molecule has 1 unspecified atom stereocenters. The van der Waals surface area contributed by atoms with E-state index in [2.05, 4.69) is 5.32 Å². The van der Waals surface area contributed by atoms with Gasteiger partial charge in [-0.2, -0.15) is 0 Å². The number of carbonyl (C=O) groups is 3. The molecule has 2 aliphatic rings. The van der Waals surface area contributed by atoms with Gasteiger partial charge in [0, 0.05) is 12.1 Å². The van der Waals surface area contributed by atoms with E-state index in [1.807, 2.05) is 0 Å². The van der Waals surface area contributed by atoms with E-state index in [1.165, 1.54) is 43.1 Å². The first-order chi connectivity index (χ1) is 12.8. The van der Waals surface area contributed by atoms with Crippen LogP contribution in [-0.4, -0.2) is 57.0 Å². The molecule has 11 heteroatoms. The highest BCUT2D eigenvalue weighted by Gasteiger charge is 2.54. The van der Waals surface area contributed by atoms with Crippen LogP contribution in [0.4, 0.5) is 5.69 Å². The van der Waals surface area contributed by atoms with Gasteiger partial charge in [-0.05, 0) is 5.56 Å². The number of nitro benzene ring substituents is 1. The predicted molar refractivity (Wildman–Crippen MR) is 93.5 cm³/mol. The van der Waals surface area contributed by atoms with Gasteiger partial charge in [-0.15, -0.1) is 11.8 Å². The van der Waals surface area contributed by atoms with Gasteiger partial charge in [0.2, 0.25) is 5.91 Å². The Labute approximate surface area is 157 Å². The molecule has 3 rings (SSSR count). The number of rotatable bonds is 6. The maximum absolute atomic E-state index is 12.3. The van der Waals surface area contributed by atoms with Crippen molar-refractivity contribution in [2.75, 3.05) is 12.9 Å². The second-order valence-electron chi connectivity index (χ2n) is 5.84. The zero-order valence-electron chi connectivity index (χ0n) is 14.1. The van der Waals surface area contributed by atoms with E-state index in [1.54, 1.807) is 0 Å². The van der Waals surface area contributed by atoms with E-state index in [9.17, 15) is 29.6 Å². The number of carbonyl (C=O) groups excluding carboxylic acids is 2. The number of hydrogen-bond donors (Lipinski definition) is 2. The Morgan fingerprint density at radius 3 is 2.63 bits per heavy atom. The Balaban J connectivity index is 1.65. The van der Waals surface area contributed by atoms with Crippen LogP contribution in [0.25, 0.3) is 0 Å². The number of hydrogen-bond acceptors (Lipinski definition) is 7. The zero-order chi connectivity index (χ0) is 19.7. The molecule has 142 valence electrons. The van der Waals surface area contributed by atoms with Crippen molar-refractivity contribution >= 4 is 35.2 Å². The van der Waals surface area contributed by atoms with Crippen LogP contribution in [0.3, 0.4) is 0 Å². The number of carboxylic acids is 1. The summed E-state index contributed by atoms with van der Waals surface area (Å²) in [4.78, 5) is 47.2. The van der Waals surface area contributed by atoms with Crippen molar-refractivity contribution in [3.63, 3.8) is 0 Å². The number of nitro groups is 1. The topological polar surface area (TPSA) is 139 Å². The first-order valence-electron chi connectivity index (χ1n) is 7.81. The molecule has 2 N–H and O–H groups in total. The molecule has 2 atom stereocenters. The van der Waals surface area contributed by atoms with Crippen molar-refractivity contribution in [2.45, 2.75) is 17.8 Å². The fourth-order valence-electron chi connectivity index (χ4n) is 2.89. The van der Waals surface area contributed by atoms with E-state index >= 15 is 0 Å². The number of carboxylic acid groups (broad SMARTS) is 1. The van der Waals surface area contributed by atoms with Crippen LogP contribution in [0.2, 0.25) is 0 Å². The minimum absolute atomic E-state index is 0.0515. The fraction of sp³-hybridized carbons (Fsp3) is 0.312. The molecule has 2 aliphatic heterocycles. The maximum atomic E-state index is 12.3. The van der Waals surface area contributed by atoms with E-state index in [4.69, 9.17) is 4.74 Å². The number of benzene rings is 1. The van der Waals surface area contributed by atoms with Crippen molar-refractivity contribution in [2.24, 2.45) is 0 Å². The molecule has 0 bridgehead atoms. The number of ether oxygens (including phenoxy) is 1. The molecule has 2 amide bonds. The van der Waals surface area contributed by atoms with Gasteiger partial charge >= 0.3 is 5.97 Å². The van der Waals surface area contributed by atoms with Gasteiger partial charge in [-0.25, -0.2) is 4.79 Å². The summed E-state index contributed by atoms with van der Waals surface area (Å²) < 4.78 is 5.04. The van der Waals surface area contributed by atoms with Gasteiger partial charge in [0.25, 0.3) is 11.6 Å². The highest BCUT2D eigenvalue weighted by atomic mass is 32.2. The molecule has 0 saturated carbocycles. The Morgan fingerprint density at radius 2 is 2.07 bits per heavy atom. The van der Waals surface area contributed by atoms with E-state index < -0.39 is 34.1 Å². The average molecular weight is 393 g/mol. The van der Waals surface area contributed by atoms with Crippen LogP contribution >= 0.6 is 11.8 Å². The van der Waals surface area contributed by atoms with Crippen molar-refractivity contribution in [3.05, 3.63) is 51.4 Å². The molecule has 0 aliphatic carbocycles. The quantitative estimate of drug-likeness (QED) is 0.404. The smallest absolute Gasteiger partial charge is 0.356 e. The lowest BCUT2D eigenvalue weighted by atomic mass is 10.0. The van der Waals surface area contributed by atoms with E-state index in [0.717, 1.165) is 4.90 Å². The second-order valence-corrected chi connectivity index (χ2v) is 6.94. The monoisotopic (exact) mass is 393 g/mol. The molecule has 0 spiro atoms.